The van der Waals surface area contributed by atoms with Crippen LogP contribution in [0.4, 0.5) is 0 Å². The van der Waals surface area contributed by atoms with Crippen molar-refractivity contribution in [1.29, 1.82) is 0 Å². The molecule has 0 amide bonds. The smallest absolute Gasteiger partial charge is 0.0302 e. The summed E-state index contributed by atoms with van der Waals surface area (Å²) < 4.78 is 0. The van der Waals surface area contributed by atoms with Gasteiger partial charge < -0.3 is 0 Å². The summed E-state index contributed by atoms with van der Waals surface area (Å²) in [6.07, 6.45) is 3.51. The van der Waals surface area contributed by atoms with Crippen molar-refractivity contribution in [3.8, 4) is 0 Å². The van der Waals surface area contributed by atoms with Crippen molar-refractivity contribution < 1.29 is 0 Å². The van der Waals surface area contributed by atoms with Gasteiger partial charge in [-0.1, -0.05) is 26.8 Å². The molecule has 0 fully saturated rings. The predicted molar refractivity (Wildman–Crippen MR) is 64.1 cm³/mol. The van der Waals surface area contributed by atoms with Crippen LogP contribution >= 0.6 is 0 Å². The van der Waals surface area contributed by atoms with E-state index in [0.717, 1.165) is 0 Å². The molecule has 0 saturated carbocycles. The maximum absolute atomic E-state index is 2.34. The van der Waals surface area contributed by atoms with Crippen LogP contribution < -0.4 is 0 Å². The van der Waals surface area contributed by atoms with Crippen molar-refractivity contribution in [1.82, 2.24) is 0 Å². The maximum atomic E-state index is 2.34. The summed E-state index contributed by atoms with van der Waals surface area (Å²) in [6, 6.07) is 2.34. The molecule has 1 aromatic rings. The Morgan fingerprint density at radius 2 is 1.07 bits per heavy atom. The van der Waals surface area contributed by atoms with Crippen LogP contribution in [0.3, 0.4) is 0 Å². The lowest BCUT2D eigenvalue weighted by Crippen LogP contribution is -2.03. The van der Waals surface area contributed by atoms with Crippen molar-refractivity contribution >= 4 is 0 Å². The summed E-state index contributed by atoms with van der Waals surface area (Å²) in [7, 11) is 0. The van der Waals surface area contributed by atoms with E-state index in [2.05, 4.69) is 40.7 Å². The van der Waals surface area contributed by atoms with Gasteiger partial charge in [-0.3, -0.25) is 0 Å². The van der Waals surface area contributed by atoms with Gasteiger partial charge in [0.15, 0.2) is 0 Å². The molecule has 0 heteroatoms. The highest BCUT2D eigenvalue weighted by molar-refractivity contribution is 5.45. The van der Waals surface area contributed by atoms with Gasteiger partial charge in [-0.25, -0.2) is 0 Å². The lowest BCUT2D eigenvalue weighted by atomic mass is 9.89. The molecule has 0 spiro atoms. The molecule has 78 valence electrons. The fraction of sp³-hybridized carbons (Fsp3) is 0.571. The number of aryl methyl sites for hydroxylation is 2. The molecule has 1 rings (SSSR count). The summed E-state index contributed by atoms with van der Waals surface area (Å²) in [5.74, 6) is 0. The first kappa shape index (κ1) is 11.3. The van der Waals surface area contributed by atoms with E-state index in [-0.39, 0.29) is 0 Å². The van der Waals surface area contributed by atoms with Gasteiger partial charge in [0.1, 0.15) is 0 Å². The normalized spacial score (nSPS) is 10.6. The summed E-state index contributed by atoms with van der Waals surface area (Å²) in [5, 5.41) is 0. The lowest BCUT2D eigenvalue weighted by molar-refractivity contribution is 0.955. The van der Waals surface area contributed by atoms with Crippen LogP contribution in [0.15, 0.2) is 6.07 Å². The number of rotatable bonds is 3. The number of hydrogen-bond acceptors (Lipinski definition) is 0. The largest absolute Gasteiger partial charge is 0.0613 e. The van der Waals surface area contributed by atoms with Crippen LogP contribution in [0.1, 0.15) is 48.6 Å². The number of benzene rings is 1. The van der Waals surface area contributed by atoms with E-state index in [4.69, 9.17) is 0 Å². The van der Waals surface area contributed by atoms with Gasteiger partial charge in [0.25, 0.3) is 0 Å². The average Bonchev–Trinajstić information content (AvgIpc) is 2.16. The van der Waals surface area contributed by atoms with Crippen molar-refractivity contribution in [2.75, 3.05) is 0 Å². The third kappa shape index (κ3) is 1.84. The molecule has 0 N–H and O–H groups in total. The Kier molecular flexibility index (Phi) is 3.74. The molecule has 14 heavy (non-hydrogen) atoms. The first-order valence-electron chi connectivity index (χ1n) is 5.76. The van der Waals surface area contributed by atoms with Crippen LogP contribution in [0.25, 0.3) is 0 Å². The van der Waals surface area contributed by atoms with E-state index in [1.807, 2.05) is 0 Å². The van der Waals surface area contributed by atoms with E-state index in [0.29, 0.717) is 0 Å². The maximum Gasteiger partial charge on any atom is -0.0302 e. The van der Waals surface area contributed by atoms with E-state index in [9.17, 15) is 0 Å². The first-order valence-corrected chi connectivity index (χ1v) is 5.76. The zero-order chi connectivity index (χ0) is 10.7. The monoisotopic (exact) mass is 190 g/mol. The third-order valence-electron chi connectivity index (χ3n) is 3.17. The highest BCUT2D eigenvalue weighted by Crippen LogP contribution is 2.24. The predicted octanol–water partition coefficient (Wildman–Crippen LogP) is 3.99. The zero-order valence-corrected chi connectivity index (χ0v) is 10.2. The molecule has 0 saturated heterocycles. The lowest BCUT2D eigenvalue weighted by Gasteiger charge is -2.17. The van der Waals surface area contributed by atoms with Crippen LogP contribution in [-0.4, -0.2) is 0 Å². The Morgan fingerprint density at radius 1 is 0.714 bits per heavy atom. The molecule has 1 aromatic carbocycles. The van der Waals surface area contributed by atoms with Crippen LogP contribution in [0.2, 0.25) is 0 Å². The molecule has 0 atom stereocenters. The molecule has 0 bridgehead atoms. The van der Waals surface area contributed by atoms with Gasteiger partial charge in [-0.05, 0) is 60.9 Å². The standard InChI is InChI=1S/C14H22/c1-6-12-10(4)9-11(5)13(7-2)14(12)8-3/h9H,6-8H2,1-5H3. The first-order chi connectivity index (χ1) is 6.65. The summed E-state index contributed by atoms with van der Waals surface area (Å²) >= 11 is 0. The molecule has 0 unspecified atom stereocenters. The van der Waals surface area contributed by atoms with Crippen LogP contribution in [0, 0.1) is 13.8 Å². The van der Waals surface area contributed by atoms with Gasteiger partial charge in [-0.2, -0.15) is 0 Å². The van der Waals surface area contributed by atoms with Gasteiger partial charge in [0.2, 0.25) is 0 Å². The van der Waals surface area contributed by atoms with E-state index >= 15 is 0 Å². The Hall–Kier alpha value is -0.780. The molecule has 0 aliphatic carbocycles. The Morgan fingerprint density at radius 3 is 1.36 bits per heavy atom. The summed E-state index contributed by atoms with van der Waals surface area (Å²) in [6.45, 7) is 11.3. The summed E-state index contributed by atoms with van der Waals surface area (Å²) in [4.78, 5) is 0. The van der Waals surface area contributed by atoms with Gasteiger partial charge in [0, 0.05) is 0 Å². The molecular weight excluding hydrogens is 168 g/mol. The molecule has 0 radical (unpaired) electrons. The second-order valence-corrected chi connectivity index (χ2v) is 4.01. The van der Waals surface area contributed by atoms with Crippen molar-refractivity contribution in [3.63, 3.8) is 0 Å². The Labute approximate surface area is 88.4 Å². The quantitative estimate of drug-likeness (QED) is 0.676. The van der Waals surface area contributed by atoms with E-state index in [1.54, 1.807) is 16.7 Å². The Bertz CT molecular complexity index is 293. The SMILES string of the molecule is CCc1c(C)cc(C)c(CC)c1CC. The molecule has 0 aromatic heterocycles. The van der Waals surface area contributed by atoms with Gasteiger partial charge >= 0.3 is 0 Å². The minimum Gasteiger partial charge on any atom is -0.0613 e. The molecule has 0 heterocycles. The number of hydrogen-bond donors (Lipinski definition) is 0. The van der Waals surface area contributed by atoms with E-state index in [1.165, 1.54) is 30.4 Å². The fourth-order valence-electron chi connectivity index (χ4n) is 2.57. The molecule has 0 aliphatic heterocycles. The average molecular weight is 190 g/mol. The molecule has 0 aliphatic rings. The molecule has 0 nitrogen and oxygen atoms in total. The minimum absolute atomic E-state index is 1.17. The summed E-state index contributed by atoms with van der Waals surface area (Å²) in [5.41, 5.74) is 7.70. The Balaban J connectivity index is 3.43. The van der Waals surface area contributed by atoms with Crippen LogP contribution in [0.5, 0.6) is 0 Å². The van der Waals surface area contributed by atoms with Crippen molar-refractivity contribution in [2.24, 2.45) is 0 Å². The van der Waals surface area contributed by atoms with Crippen molar-refractivity contribution in [3.05, 3.63) is 33.9 Å². The zero-order valence-electron chi connectivity index (χ0n) is 10.2. The van der Waals surface area contributed by atoms with E-state index < -0.39 is 0 Å². The minimum atomic E-state index is 1.17. The fourth-order valence-corrected chi connectivity index (χ4v) is 2.57. The van der Waals surface area contributed by atoms with Gasteiger partial charge in [0.05, 0.1) is 0 Å². The third-order valence-corrected chi connectivity index (χ3v) is 3.17. The second kappa shape index (κ2) is 4.63. The van der Waals surface area contributed by atoms with Crippen LogP contribution in [-0.2, 0) is 19.3 Å². The van der Waals surface area contributed by atoms with Gasteiger partial charge in [-0.15, -0.1) is 0 Å². The highest BCUT2D eigenvalue weighted by Gasteiger charge is 2.09. The topological polar surface area (TPSA) is 0 Å². The highest BCUT2D eigenvalue weighted by atomic mass is 14.1. The second-order valence-electron chi connectivity index (χ2n) is 4.01. The molecular formula is C14H22. The van der Waals surface area contributed by atoms with Crippen molar-refractivity contribution in [2.45, 2.75) is 53.9 Å².